The van der Waals surface area contributed by atoms with Gasteiger partial charge in [-0.25, -0.2) is 4.39 Å². The third-order valence-electron chi connectivity index (χ3n) is 7.71. The van der Waals surface area contributed by atoms with E-state index in [9.17, 15) is 19.1 Å². The van der Waals surface area contributed by atoms with Crippen LogP contribution >= 0.6 is 11.6 Å². The van der Waals surface area contributed by atoms with Crippen molar-refractivity contribution in [2.75, 3.05) is 40.3 Å². The normalized spacial score (nSPS) is 19.8. The number of aromatic hydroxyl groups is 1. The van der Waals surface area contributed by atoms with Crippen molar-refractivity contribution in [2.24, 2.45) is 11.8 Å². The summed E-state index contributed by atoms with van der Waals surface area (Å²) in [7, 11) is 4.08. The van der Waals surface area contributed by atoms with Crippen molar-refractivity contribution in [3.8, 4) is 5.75 Å². The smallest absolute Gasteiger partial charge is 0.167 e. The number of likely N-dealkylation sites (tertiary alicyclic amines) is 1. The molecule has 7 heteroatoms. The molecule has 39 heavy (non-hydrogen) atoms. The van der Waals surface area contributed by atoms with Gasteiger partial charge in [0.15, 0.2) is 11.6 Å². The molecule has 1 fully saturated rings. The van der Waals surface area contributed by atoms with Crippen LogP contribution in [0.4, 0.5) is 4.39 Å². The average Bonchev–Trinajstić information content (AvgIpc) is 2.92. The van der Waals surface area contributed by atoms with E-state index in [-0.39, 0.29) is 23.1 Å². The minimum absolute atomic E-state index is 0.00415. The first-order valence-corrected chi connectivity index (χ1v) is 13.8. The van der Waals surface area contributed by atoms with Crippen LogP contribution in [0, 0.1) is 24.6 Å². The van der Waals surface area contributed by atoms with Gasteiger partial charge in [-0.1, -0.05) is 35.9 Å². The molecular formula is C32H36ClFN2O3. The molecule has 1 aliphatic rings. The Bertz CT molecular complexity index is 1310. The molecule has 3 aromatic rings. The van der Waals surface area contributed by atoms with Crippen molar-refractivity contribution in [1.29, 1.82) is 0 Å². The molecule has 0 saturated carbocycles. The topological polar surface area (TPSA) is 60.9 Å². The van der Waals surface area contributed by atoms with Gasteiger partial charge in [0.05, 0.1) is 0 Å². The van der Waals surface area contributed by atoms with Crippen LogP contribution in [0.5, 0.6) is 5.75 Å². The zero-order valence-corrected chi connectivity index (χ0v) is 23.5. The summed E-state index contributed by atoms with van der Waals surface area (Å²) in [6.07, 6.45) is 1.92. The summed E-state index contributed by atoms with van der Waals surface area (Å²) in [5.41, 5.74) is 2.02. The molecule has 0 unspecified atom stereocenters. The minimum Gasteiger partial charge on any atom is -0.508 e. The van der Waals surface area contributed by atoms with Crippen molar-refractivity contribution >= 4 is 23.2 Å². The zero-order chi connectivity index (χ0) is 28.1. The molecule has 1 aliphatic heterocycles. The van der Waals surface area contributed by atoms with Crippen LogP contribution < -0.4 is 0 Å². The summed E-state index contributed by atoms with van der Waals surface area (Å²) < 4.78 is 14.8. The van der Waals surface area contributed by atoms with E-state index >= 15 is 0 Å². The number of carbonyl (C=O) groups excluding carboxylic acids is 2. The number of halogens is 2. The van der Waals surface area contributed by atoms with Gasteiger partial charge in [-0.15, -0.1) is 0 Å². The molecule has 5 nitrogen and oxygen atoms in total. The average molecular weight is 551 g/mol. The summed E-state index contributed by atoms with van der Waals surface area (Å²) in [5, 5.41) is 10.6. The molecule has 0 amide bonds. The lowest BCUT2D eigenvalue weighted by Crippen LogP contribution is -2.50. The molecule has 206 valence electrons. The number of benzene rings is 3. The predicted molar refractivity (Wildman–Crippen MR) is 153 cm³/mol. The molecule has 0 spiro atoms. The van der Waals surface area contributed by atoms with Crippen molar-refractivity contribution in [2.45, 2.75) is 25.7 Å². The first kappa shape index (κ1) is 28.9. The van der Waals surface area contributed by atoms with Crippen LogP contribution in [0.25, 0.3) is 0 Å². The lowest BCUT2D eigenvalue weighted by molar-refractivity contribution is 0.0567. The van der Waals surface area contributed by atoms with Crippen LogP contribution in [0.15, 0.2) is 66.7 Å². The molecule has 1 N–H and O–H groups in total. The maximum atomic E-state index is 14.8. The second-order valence-corrected chi connectivity index (χ2v) is 11.2. The number of unbranched alkanes of at least 4 members (excludes halogenated alkanes) is 1. The molecule has 3 atom stereocenters. The maximum absolute atomic E-state index is 14.8. The highest BCUT2D eigenvalue weighted by Crippen LogP contribution is 2.42. The predicted octanol–water partition coefficient (Wildman–Crippen LogP) is 6.23. The van der Waals surface area contributed by atoms with Gasteiger partial charge in [-0.05, 0) is 101 Å². The van der Waals surface area contributed by atoms with Gasteiger partial charge in [-0.3, -0.25) is 9.59 Å². The number of Topliss-reactive ketones (excluding diaryl/α,β-unsaturated/α-hetero) is 2. The van der Waals surface area contributed by atoms with E-state index in [1.807, 2.05) is 20.2 Å². The number of phenols is 1. The molecule has 1 heterocycles. The second kappa shape index (κ2) is 12.9. The van der Waals surface area contributed by atoms with Gasteiger partial charge in [-0.2, -0.15) is 0 Å². The van der Waals surface area contributed by atoms with Crippen LogP contribution in [-0.2, 0) is 0 Å². The number of nitrogens with zero attached hydrogens (tertiary/aromatic N) is 2. The van der Waals surface area contributed by atoms with Crippen molar-refractivity contribution < 1.29 is 19.1 Å². The quantitative estimate of drug-likeness (QED) is 0.239. The molecular weight excluding hydrogens is 515 g/mol. The third kappa shape index (κ3) is 6.93. The maximum Gasteiger partial charge on any atom is 0.167 e. The van der Waals surface area contributed by atoms with Crippen LogP contribution in [0.1, 0.15) is 50.6 Å². The number of ketones is 2. The Morgan fingerprint density at radius 1 is 0.949 bits per heavy atom. The van der Waals surface area contributed by atoms with E-state index in [2.05, 4.69) is 9.80 Å². The number of phenolic OH excluding ortho intramolecular Hbond substituents is 1. The Kier molecular flexibility index (Phi) is 9.54. The molecule has 0 aromatic heterocycles. The summed E-state index contributed by atoms with van der Waals surface area (Å²) in [5.74, 6) is -2.31. The number of hydrogen-bond acceptors (Lipinski definition) is 5. The monoisotopic (exact) mass is 550 g/mol. The Labute approximate surface area is 235 Å². The number of piperidine rings is 1. The van der Waals surface area contributed by atoms with E-state index in [1.54, 1.807) is 49.4 Å². The Morgan fingerprint density at radius 2 is 1.59 bits per heavy atom. The molecule has 1 saturated heterocycles. The highest BCUT2D eigenvalue weighted by atomic mass is 35.5. The highest BCUT2D eigenvalue weighted by Gasteiger charge is 2.45. The van der Waals surface area contributed by atoms with Gasteiger partial charge in [0.25, 0.3) is 0 Å². The van der Waals surface area contributed by atoms with E-state index < -0.39 is 17.8 Å². The first-order valence-electron chi connectivity index (χ1n) is 13.4. The Balaban J connectivity index is 1.78. The summed E-state index contributed by atoms with van der Waals surface area (Å²) in [6, 6.07) is 18.0. The van der Waals surface area contributed by atoms with E-state index in [4.69, 9.17) is 11.6 Å². The van der Waals surface area contributed by atoms with Gasteiger partial charge >= 0.3 is 0 Å². The Morgan fingerprint density at radius 3 is 2.23 bits per heavy atom. The number of carbonyl (C=O) groups is 2. The van der Waals surface area contributed by atoms with E-state index in [0.717, 1.165) is 25.9 Å². The zero-order valence-electron chi connectivity index (χ0n) is 22.7. The molecule has 0 bridgehead atoms. The van der Waals surface area contributed by atoms with Gasteiger partial charge in [0.2, 0.25) is 0 Å². The largest absolute Gasteiger partial charge is 0.508 e. The summed E-state index contributed by atoms with van der Waals surface area (Å²) in [4.78, 5) is 32.5. The van der Waals surface area contributed by atoms with Gasteiger partial charge < -0.3 is 14.9 Å². The fraction of sp³-hybridized carbons (Fsp3) is 0.375. The molecule has 0 radical (unpaired) electrons. The molecule has 0 aliphatic carbocycles. The summed E-state index contributed by atoms with van der Waals surface area (Å²) in [6.45, 7) is 4.32. The number of hydrogen-bond donors (Lipinski definition) is 1. The summed E-state index contributed by atoms with van der Waals surface area (Å²) >= 11 is 6.10. The van der Waals surface area contributed by atoms with Crippen LogP contribution in [0.2, 0.25) is 5.02 Å². The number of rotatable bonds is 10. The minimum atomic E-state index is -0.601. The van der Waals surface area contributed by atoms with Gasteiger partial charge in [0, 0.05) is 47.0 Å². The molecule has 3 aromatic carbocycles. The van der Waals surface area contributed by atoms with Crippen LogP contribution in [0.3, 0.4) is 0 Å². The standard InChI is InChI=1S/C32H36ClFN2O3/c1-21-26(10-7-11-29(21)34)30-27(31(38)22-12-14-24(33)15-13-22)19-36(17-5-4-16-35(2)3)20-28(30)32(39)23-8-6-9-25(37)18-23/h6-15,18,27-28,30,37H,4-5,16-17,19-20H2,1-3H3/t27-,28+,30-/m1/s1. The Hall–Kier alpha value is -3.06. The van der Waals surface area contributed by atoms with E-state index in [0.29, 0.717) is 40.4 Å². The SMILES string of the molecule is Cc1c(F)cccc1[C@H]1[C@@H](C(=O)c2cccc(O)c2)CN(CCCCN(C)C)C[C@H]1C(=O)c1ccc(Cl)cc1. The van der Waals surface area contributed by atoms with Crippen molar-refractivity contribution in [1.82, 2.24) is 9.80 Å². The fourth-order valence-electron chi connectivity index (χ4n) is 5.70. The second-order valence-electron chi connectivity index (χ2n) is 10.7. The van der Waals surface area contributed by atoms with E-state index in [1.165, 1.54) is 18.2 Å². The van der Waals surface area contributed by atoms with Crippen molar-refractivity contribution in [3.63, 3.8) is 0 Å². The first-order chi connectivity index (χ1) is 18.7. The lowest BCUT2D eigenvalue weighted by Gasteiger charge is -2.43. The van der Waals surface area contributed by atoms with Crippen LogP contribution in [-0.4, -0.2) is 66.7 Å². The molecule has 4 rings (SSSR count). The van der Waals surface area contributed by atoms with Crippen molar-refractivity contribution in [3.05, 3.63) is 99.8 Å². The van der Waals surface area contributed by atoms with Gasteiger partial charge in [0.1, 0.15) is 11.6 Å². The fourth-order valence-corrected chi connectivity index (χ4v) is 5.82. The highest BCUT2D eigenvalue weighted by molar-refractivity contribution is 6.30. The third-order valence-corrected chi connectivity index (χ3v) is 7.96. The lowest BCUT2D eigenvalue weighted by atomic mass is 9.67.